The molecule has 0 saturated carbocycles. The predicted molar refractivity (Wildman–Crippen MR) is 52.6 cm³/mol. The Kier molecular flexibility index (Phi) is 5.11. The normalized spacial score (nSPS) is 13.8. The lowest BCUT2D eigenvalue weighted by atomic mass is 9.94. The van der Waals surface area contributed by atoms with E-state index < -0.39 is 5.54 Å². The van der Waals surface area contributed by atoms with Crippen LogP contribution >= 0.6 is 0 Å². The second-order valence-corrected chi connectivity index (χ2v) is 2.70. The molecule has 0 amide bonds. The number of hydrogen-bond donors (Lipinski definition) is 2. The summed E-state index contributed by atoms with van der Waals surface area (Å²) in [7, 11) is 0. The number of nitrogens with two attached hydrogens (primary N) is 2. The Bertz CT molecular complexity index is 200. The molecule has 0 aromatic heterocycles. The van der Waals surface area contributed by atoms with Crippen LogP contribution in [0, 0.1) is 0 Å². The molecule has 0 atom stereocenters. The van der Waals surface area contributed by atoms with Crippen molar-refractivity contribution in [1.29, 1.82) is 0 Å². The van der Waals surface area contributed by atoms with Crippen LogP contribution in [-0.4, -0.2) is 12.1 Å². The maximum Gasteiger partial charge on any atom is 0.0674 e. The van der Waals surface area contributed by atoms with Gasteiger partial charge in [-0.25, -0.2) is 0 Å². The van der Waals surface area contributed by atoms with Crippen molar-refractivity contribution >= 4 is 0 Å². The molecule has 0 aromatic rings. The Morgan fingerprint density at radius 1 is 1.25 bits per heavy atom. The van der Waals surface area contributed by atoms with Gasteiger partial charge in [-0.2, -0.15) is 0 Å². The summed E-state index contributed by atoms with van der Waals surface area (Å²) >= 11 is 0. The summed E-state index contributed by atoms with van der Waals surface area (Å²) in [4.78, 5) is 0. The summed E-state index contributed by atoms with van der Waals surface area (Å²) < 4.78 is 0. The second-order valence-electron chi connectivity index (χ2n) is 2.70. The van der Waals surface area contributed by atoms with Crippen molar-refractivity contribution in [1.82, 2.24) is 0 Å². The Balaban J connectivity index is 4.38. The van der Waals surface area contributed by atoms with Crippen LogP contribution in [0.2, 0.25) is 0 Å². The van der Waals surface area contributed by atoms with Crippen LogP contribution in [0.15, 0.2) is 36.8 Å². The molecule has 0 aromatic carbocycles. The summed E-state index contributed by atoms with van der Waals surface area (Å²) in [6.07, 6.45) is 5.06. The molecular weight excluding hydrogens is 148 g/mol. The predicted octanol–water partition coefficient (Wildman–Crippen LogP) is 1.10. The molecule has 12 heavy (non-hydrogen) atoms. The van der Waals surface area contributed by atoms with Crippen LogP contribution in [0.1, 0.15) is 12.8 Å². The first kappa shape index (κ1) is 11.0. The van der Waals surface area contributed by atoms with Gasteiger partial charge in [0, 0.05) is 0 Å². The monoisotopic (exact) mass is 164 g/mol. The minimum Gasteiger partial charge on any atom is -0.330 e. The van der Waals surface area contributed by atoms with E-state index in [-0.39, 0.29) is 0 Å². The highest BCUT2D eigenvalue weighted by Gasteiger charge is 2.16. The first-order valence-corrected chi connectivity index (χ1v) is 3.91. The standard InChI is InChI=1S/C10H16N2/c1-3-6-10(12,7-4-2)8-5-9-11/h6-7H,1-2,5,8-9,11-12H2. The van der Waals surface area contributed by atoms with Crippen molar-refractivity contribution in [2.75, 3.05) is 6.54 Å². The van der Waals surface area contributed by atoms with E-state index in [0.29, 0.717) is 6.54 Å². The van der Waals surface area contributed by atoms with Crippen molar-refractivity contribution in [3.63, 3.8) is 0 Å². The average molecular weight is 164 g/mol. The fourth-order valence-electron chi connectivity index (χ4n) is 0.974. The zero-order valence-electron chi connectivity index (χ0n) is 7.34. The molecule has 0 radical (unpaired) electrons. The first-order chi connectivity index (χ1) is 5.68. The van der Waals surface area contributed by atoms with Crippen LogP contribution in [0.4, 0.5) is 0 Å². The maximum absolute atomic E-state index is 5.93. The van der Waals surface area contributed by atoms with E-state index in [0.717, 1.165) is 12.8 Å². The molecule has 0 unspecified atom stereocenters. The number of hydrogen-bond acceptors (Lipinski definition) is 2. The molecule has 0 rings (SSSR count). The van der Waals surface area contributed by atoms with Crippen LogP contribution < -0.4 is 11.5 Å². The van der Waals surface area contributed by atoms with Crippen molar-refractivity contribution in [2.45, 2.75) is 18.4 Å². The average Bonchev–Trinajstić information content (AvgIpc) is 2.02. The Morgan fingerprint density at radius 3 is 2.08 bits per heavy atom. The van der Waals surface area contributed by atoms with Crippen LogP contribution in [0.5, 0.6) is 0 Å². The molecular formula is C10H16N2. The van der Waals surface area contributed by atoms with Gasteiger partial charge < -0.3 is 11.5 Å². The molecule has 0 saturated heterocycles. The van der Waals surface area contributed by atoms with Gasteiger partial charge in [-0.05, 0) is 31.5 Å². The van der Waals surface area contributed by atoms with E-state index in [1.807, 2.05) is 0 Å². The summed E-state index contributed by atoms with van der Waals surface area (Å²) in [5.41, 5.74) is 16.1. The summed E-state index contributed by atoms with van der Waals surface area (Å²) in [6, 6.07) is 0. The van der Waals surface area contributed by atoms with Gasteiger partial charge in [0.15, 0.2) is 0 Å². The maximum atomic E-state index is 5.93. The molecule has 2 nitrogen and oxygen atoms in total. The van der Waals surface area contributed by atoms with Crippen molar-refractivity contribution < 1.29 is 0 Å². The number of rotatable bonds is 5. The lowest BCUT2D eigenvalue weighted by molar-refractivity contribution is 0.568. The molecule has 0 fully saturated rings. The highest BCUT2D eigenvalue weighted by Crippen LogP contribution is 2.11. The van der Waals surface area contributed by atoms with Crippen molar-refractivity contribution in [2.24, 2.45) is 11.5 Å². The fraction of sp³-hybridized carbons (Fsp3) is 0.400. The van der Waals surface area contributed by atoms with Crippen LogP contribution in [0.3, 0.4) is 0 Å². The molecule has 66 valence electrons. The van der Waals surface area contributed by atoms with Crippen molar-refractivity contribution in [3.8, 4) is 0 Å². The topological polar surface area (TPSA) is 52.0 Å². The fourth-order valence-corrected chi connectivity index (χ4v) is 0.974. The Labute approximate surface area is 73.9 Å². The van der Waals surface area contributed by atoms with Crippen LogP contribution in [-0.2, 0) is 0 Å². The van der Waals surface area contributed by atoms with Gasteiger partial charge in [0.1, 0.15) is 0 Å². The van der Waals surface area contributed by atoms with E-state index in [9.17, 15) is 0 Å². The van der Waals surface area contributed by atoms with E-state index in [2.05, 4.69) is 24.6 Å². The van der Waals surface area contributed by atoms with E-state index in [1.54, 1.807) is 12.2 Å². The summed E-state index contributed by atoms with van der Waals surface area (Å²) in [6.45, 7) is 7.59. The largest absolute Gasteiger partial charge is 0.330 e. The lowest BCUT2D eigenvalue weighted by Crippen LogP contribution is -2.35. The Morgan fingerprint density at radius 2 is 1.75 bits per heavy atom. The van der Waals surface area contributed by atoms with Gasteiger partial charge >= 0.3 is 0 Å². The SMILES string of the molecule is C=C=CC(N)(C=C=C)CCCN. The molecule has 0 aliphatic rings. The molecule has 4 N–H and O–H groups in total. The van der Waals surface area contributed by atoms with E-state index in [4.69, 9.17) is 11.5 Å². The Hall–Kier alpha value is -1.04. The van der Waals surface area contributed by atoms with Gasteiger partial charge in [0.2, 0.25) is 0 Å². The van der Waals surface area contributed by atoms with Gasteiger partial charge in [-0.15, -0.1) is 11.5 Å². The van der Waals surface area contributed by atoms with Gasteiger partial charge in [-0.1, -0.05) is 13.2 Å². The van der Waals surface area contributed by atoms with Gasteiger partial charge in [0.05, 0.1) is 5.54 Å². The van der Waals surface area contributed by atoms with Gasteiger partial charge in [0.25, 0.3) is 0 Å². The quantitative estimate of drug-likeness (QED) is 0.598. The molecule has 0 aliphatic heterocycles. The summed E-state index contributed by atoms with van der Waals surface area (Å²) in [5, 5.41) is 0. The van der Waals surface area contributed by atoms with Crippen molar-refractivity contribution in [3.05, 3.63) is 36.8 Å². The zero-order chi connectivity index (χ0) is 9.45. The third-order valence-corrected chi connectivity index (χ3v) is 1.56. The molecule has 0 bridgehead atoms. The molecule has 0 aliphatic carbocycles. The summed E-state index contributed by atoms with van der Waals surface area (Å²) in [5.74, 6) is 0. The van der Waals surface area contributed by atoms with Gasteiger partial charge in [-0.3, -0.25) is 0 Å². The second kappa shape index (κ2) is 5.59. The molecule has 2 heteroatoms. The minimum absolute atomic E-state index is 0.525. The highest BCUT2D eigenvalue weighted by atomic mass is 14.7. The van der Waals surface area contributed by atoms with E-state index in [1.165, 1.54) is 0 Å². The minimum atomic E-state index is -0.525. The first-order valence-electron chi connectivity index (χ1n) is 3.91. The van der Waals surface area contributed by atoms with Crippen LogP contribution in [0.25, 0.3) is 0 Å². The van der Waals surface area contributed by atoms with E-state index >= 15 is 0 Å². The lowest BCUT2D eigenvalue weighted by Gasteiger charge is -2.18. The molecule has 0 spiro atoms. The smallest absolute Gasteiger partial charge is 0.0674 e. The third-order valence-electron chi connectivity index (χ3n) is 1.56. The zero-order valence-corrected chi connectivity index (χ0v) is 7.34. The highest BCUT2D eigenvalue weighted by molar-refractivity contribution is 5.15. The molecule has 0 heterocycles. The third kappa shape index (κ3) is 3.97.